The van der Waals surface area contributed by atoms with E-state index in [2.05, 4.69) is 6.58 Å². The lowest BCUT2D eigenvalue weighted by atomic mass is 10.5. The Morgan fingerprint density at radius 2 is 2.38 bits per heavy atom. The Hall–Kier alpha value is -1.09. The van der Waals surface area contributed by atoms with Crippen LogP contribution in [0.5, 0.6) is 0 Å². The zero-order valence-electron chi connectivity index (χ0n) is 4.42. The second-order valence-electron chi connectivity index (χ2n) is 1.10. The maximum absolute atomic E-state index is 10.2. The largest absolute Gasteiger partial charge is 0.291 e. The predicted molar refractivity (Wildman–Crippen MR) is 31.7 cm³/mol. The second-order valence-corrected chi connectivity index (χ2v) is 1.10. The Bertz CT molecular complexity index is 118. The van der Waals surface area contributed by atoms with E-state index in [0.717, 1.165) is 0 Å². The van der Waals surface area contributed by atoms with Gasteiger partial charge >= 0.3 is 0 Å². The molecular weight excluding hydrogens is 104 g/mol. The maximum Gasteiger partial charge on any atom is 0.257 e. The van der Waals surface area contributed by atoms with Crippen molar-refractivity contribution in [1.82, 2.24) is 5.43 Å². The van der Waals surface area contributed by atoms with Gasteiger partial charge in [-0.1, -0.05) is 18.7 Å². The highest BCUT2D eigenvalue weighted by Crippen LogP contribution is 1.69. The third kappa shape index (κ3) is 3.11. The van der Waals surface area contributed by atoms with E-state index in [9.17, 15) is 4.79 Å². The summed E-state index contributed by atoms with van der Waals surface area (Å²) < 4.78 is 0. The van der Waals surface area contributed by atoms with Crippen molar-refractivity contribution in [3.63, 3.8) is 0 Å². The summed E-state index contributed by atoms with van der Waals surface area (Å²) in [5, 5.41) is 0. The number of carbonyl (C=O) groups excluding carboxylic acids is 1. The summed E-state index contributed by atoms with van der Waals surface area (Å²) in [4.78, 5) is 10.2. The number of allylic oxidation sites excluding steroid dienone is 2. The highest BCUT2D eigenvalue weighted by Gasteiger charge is 1.82. The van der Waals surface area contributed by atoms with Crippen molar-refractivity contribution in [2.24, 2.45) is 5.84 Å². The normalized spacial score (nSPS) is 9.12. The average molecular weight is 112 g/mol. The first kappa shape index (κ1) is 6.91. The molecule has 0 unspecified atom stereocenters. The lowest BCUT2D eigenvalue weighted by molar-refractivity contribution is -0.116. The van der Waals surface area contributed by atoms with Gasteiger partial charge in [-0.2, -0.15) is 0 Å². The molecule has 0 rings (SSSR count). The smallest absolute Gasteiger partial charge is 0.257 e. The summed E-state index contributed by atoms with van der Waals surface area (Å²) in [6.45, 7) is 3.36. The summed E-state index contributed by atoms with van der Waals surface area (Å²) >= 11 is 0. The number of hydrogen-bond acceptors (Lipinski definition) is 2. The summed E-state index contributed by atoms with van der Waals surface area (Å²) in [6, 6.07) is 0. The number of hydrazine groups is 1. The summed E-state index contributed by atoms with van der Waals surface area (Å²) in [7, 11) is 0. The van der Waals surface area contributed by atoms with Crippen molar-refractivity contribution in [3.8, 4) is 0 Å². The third-order valence-corrected chi connectivity index (χ3v) is 0.526. The van der Waals surface area contributed by atoms with E-state index >= 15 is 0 Å². The number of amides is 1. The summed E-state index contributed by atoms with van der Waals surface area (Å²) in [5.74, 6) is 4.40. The molecule has 3 heteroatoms. The second kappa shape index (κ2) is 4.08. The number of rotatable bonds is 2. The Kier molecular flexibility index (Phi) is 3.52. The van der Waals surface area contributed by atoms with Gasteiger partial charge < -0.3 is 0 Å². The van der Waals surface area contributed by atoms with Crippen molar-refractivity contribution >= 4 is 5.91 Å². The summed E-state index contributed by atoms with van der Waals surface area (Å²) in [6.07, 6.45) is 4.28. The van der Waals surface area contributed by atoms with Gasteiger partial charge in [0.05, 0.1) is 0 Å². The van der Waals surface area contributed by atoms with Gasteiger partial charge in [0, 0.05) is 6.08 Å². The van der Waals surface area contributed by atoms with E-state index in [1.54, 1.807) is 0 Å². The monoisotopic (exact) mass is 112 g/mol. The van der Waals surface area contributed by atoms with Crippen LogP contribution in [0.1, 0.15) is 0 Å². The average Bonchev–Trinajstić information content (AvgIpc) is 1.83. The molecule has 0 saturated heterocycles. The van der Waals surface area contributed by atoms with Crippen LogP contribution in [0.3, 0.4) is 0 Å². The van der Waals surface area contributed by atoms with E-state index in [0.29, 0.717) is 0 Å². The molecule has 0 aromatic heterocycles. The molecule has 0 aliphatic carbocycles. The number of nitrogens with two attached hydrogens (primary N) is 1. The third-order valence-electron chi connectivity index (χ3n) is 0.526. The molecule has 0 aliphatic heterocycles. The molecule has 0 aromatic rings. The van der Waals surface area contributed by atoms with E-state index in [4.69, 9.17) is 5.84 Å². The van der Waals surface area contributed by atoms with Crippen molar-refractivity contribution in [1.29, 1.82) is 0 Å². The number of carbonyl (C=O) groups is 1. The zero-order valence-corrected chi connectivity index (χ0v) is 4.42. The van der Waals surface area contributed by atoms with E-state index < -0.39 is 0 Å². The molecule has 0 aliphatic rings. The predicted octanol–water partition coefficient (Wildman–Crippen LogP) is -0.281. The first-order valence-corrected chi connectivity index (χ1v) is 2.11. The molecule has 0 bridgehead atoms. The fraction of sp³-hybridized carbons (Fsp3) is 0. The van der Waals surface area contributed by atoms with Gasteiger partial charge in [-0.05, 0) is 0 Å². The van der Waals surface area contributed by atoms with Gasteiger partial charge in [0.1, 0.15) is 0 Å². The minimum atomic E-state index is -0.329. The van der Waals surface area contributed by atoms with Crippen LogP contribution >= 0.6 is 0 Å². The molecule has 3 nitrogen and oxygen atoms in total. The molecular formula is C5H8N2O. The van der Waals surface area contributed by atoms with Gasteiger partial charge in [-0.25, -0.2) is 5.84 Å². The molecule has 0 heterocycles. The molecule has 0 atom stereocenters. The Balaban J connectivity index is 3.52. The van der Waals surface area contributed by atoms with Crippen LogP contribution in [-0.2, 0) is 4.79 Å². The molecule has 8 heavy (non-hydrogen) atoms. The zero-order chi connectivity index (χ0) is 6.41. The van der Waals surface area contributed by atoms with Crippen LogP contribution in [0.25, 0.3) is 0 Å². The highest BCUT2D eigenvalue weighted by molar-refractivity contribution is 5.87. The minimum Gasteiger partial charge on any atom is -0.291 e. The highest BCUT2D eigenvalue weighted by atomic mass is 16.2. The van der Waals surface area contributed by atoms with Gasteiger partial charge in [0.2, 0.25) is 0 Å². The van der Waals surface area contributed by atoms with Gasteiger partial charge in [0.15, 0.2) is 0 Å². The van der Waals surface area contributed by atoms with Crippen molar-refractivity contribution in [2.75, 3.05) is 0 Å². The Labute approximate surface area is 47.8 Å². The Morgan fingerprint density at radius 3 is 2.75 bits per heavy atom. The number of nitrogens with one attached hydrogen (secondary N) is 1. The minimum absolute atomic E-state index is 0.329. The molecule has 44 valence electrons. The topological polar surface area (TPSA) is 55.1 Å². The van der Waals surface area contributed by atoms with E-state index in [1.807, 2.05) is 5.43 Å². The van der Waals surface area contributed by atoms with E-state index in [1.165, 1.54) is 18.2 Å². The molecule has 0 radical (unpaired) electrons. The molecule has 0 fully saturated rings. The van der Waals surface area contributed by atoms with Crippen LogP contribution in [0, 0.1) is 0 Å². The fourth-order valence-corrected chi connectivity index (χ4v) is 0.204. The molecule has 3 N–H and O–H groups in total. The van der Waals surface area contributed by atoms with E-state index in [-0.39, 0.29) is 5.91 Å². The first-order chi connectivity index (χ1) is 3.81. The van der Waals surface area contributed by atoms with Crippen molar-refractivity contribution in [2.45, 2.75) is 0 Å². The Morgan fingerprint density at radius 1 is 1.75 bits per heavy atom. The van der Waals surface area contributed by atoms with Gasteiger partial charge in [0.25, 0.3) is 5.91 Å². The van der Waals surface area contributed by atoms with Crippen molar-refractivity contribution in [3.05, 3.63) is 24.8 Å². The SMILES string of the molecule is C=C/C=C/C(=O)NN. The quantitative estimate of drug-likeness (QED) is 0.170. The van der Waals surface area contributed by atoms with Crippen molar-refractivity contribution < 1.29 is 4.79 Å². The standard InChI is InChI=1S/C5H8N2O/c1-2-3-4-5(8)7-6/h2-4H,1,6H2,(H,7,8)/b4-3+. The first-order valence-electron chi connectivity index (χ1n) is 2.11. The van der Waals surface area contributed by atoms with Gasteiger partial charge in [-0.3, -0.25) is 10.2 Å². The van der Waals surface area contributed by atoms with Crippen LogP contribution in [-0.4, -0.2) is 5.91 Å². The lowest BCUT2D eigenvalue weighted by Gasteiger charge is -1.85. The van der Waals surface area contributed by atoms with Crippen LogP contribution < -0.4 is 11.3 Å². The molecule has 0 aromatic carbocycles. The van der Waals surface area contributed by atoms with Crippen LogP contribution in [0.2, 0.25) is 0 Å². The lowest BCUT2D eigenvalue weighted by Crippen LogP contribution is -2.27. The molecule has 0 spiro atoms. The van der Waals surface area contributed by atoms with Crippen LogP contribution in [0.15, 0.2) is 24.8 Å². The van der Waals surface area contributed by atoms with Gasteiger partial charge in [-0.15, -0.1) is 0 Å². The maximum atomic E-state index is 10.2. The van der Waals surface area contributed by atoms with Crippen LogP contribution in [0.4, 0.5) is 0 Å². The molecule has 1 amide bonds. The molecule has 0 saturated carbocycles. The summed E-state index contributed by atoms with van der Waals surface area (Å²) in [5.41, 5.74) is 1.93. The number of hydrogen-bond donors (Lipinski definition) is 2. The fourth-order valence-electron chi connectivity index (χ4n) is 0.204.